The predicted octanol–water partition coefficient (Wildman–Crippen LogP) is 4.33. The molecule has 5 heterocycles. The van der Waals surface area contributed by atoms with Crippen LogP contribution in [-0.2, 0) is 0 Å². The first-order valence-electron chi connectivity index (χ1n) is 10.3. The summed E-state index contributed by atoms with van der Waals surface area (Å²) in [6.07, 6.45) is -3.78. The molecule has 0 saturated carbocycles. The molecule has 178 valence electrons. The second-order valence-electron chi connectivity index (χ2n) is 7.90. The van der Waals surface area contributed by atoms with E-state index >= 15 is 0 Å². The Morgan fingerprint density at radius 3 is 2.50 bits per heavy atom. The van der Waals surface area contributed by atoms with Gasteiger partial charge in [-0.3, -0.25) is 14.2 Å². The Hall–Kier alpha value is -3.64. The number of hydrogen-bond acceptors (Lipinski definition) is 4. The van der Waals surface area contributed by atoms with Gasteiger partial charge in [-0.2, -0.15) is 5.10 Å². The van der Waals surface area contributed by atoms with Crippen LogP contribution in [0.4, 0.5) is 26.3 Å². The number of nitrogens with zero attached hydrogens (tertiary/aromatic N) is 6. The highest BCUT2D eigenvalue weighted by Gasteiger charge is 2.29. The Balaban J connectivity index is 1.65. The number of rotatable bonds is 4. The molecule has 1 aliphatic rings. The average Bonchev–Trinajstić information content (AvgIpc) is 3.39. The largest absolute Gasteiger partial charge is 0.337 e. The van der Waals surface area contributed by atoms with Gasteiger partial charge in [-0.25, -0.2) is 36.0 Å². The van der Waals surface area contributed by atoms with E-state index in [2.05, 4.69) is 15.1 Å². The Morgan fingerprint density at radius 2 is 1.79 bits per heavy atom. The number of fused-ring (bicyclic) bond motifs is 2. The number of carbonyl (C=O) groups is 1. The zero-order chi connectivity index (χ0) is 24.1. The molecule has 5 rings (SSSR count). The second-order valence-corrected chi connectivity index (χ2v) is 7.90. The van der Waals surface area contributed by atoms with Crippen molar-refractivity contribution >= 4 is 22.5 Å². The zero-order valence-corrected chi connectivity index (χ0v) is 17.3. The molecule has 1 atom stereocenters. The van der Waals surface area contributed by atoms with Crippen molar-refractivity contribution in [1.29, 1.82) is 0 Å². The molecule has 0 radical (unpaired) electrons. The summed E-state index contributed by atoms with van der Waals surface area (Å²) in [7, 11) is 0. The van der Waals surface area contributed by atoms with Crippen molar-refractivity contribution in [2.75, 3.05) is 13.1 Å². The molecule has 0 spiro atoms. The van der Waals surface area contributed by atoms with Crippen molar-refractivity contribution in [2.24, 2.45) is 0 Å². The fourth-order valence-electron chi connectivity index (χ4n) is 4.04. The summed E-state index contributed by atoms with van der Waals surface area (Å²) in [4.78, 5) is 22.1. The van der Waals surface area contributed by atoms with Crippen molar-refractivity contribution in [3.8, 4) is 11.4 Å². The molecule has 4 aromatic heterocycles. The molecule has 0 aliphatic carbocycles. The van der Waals surface area contributed by atoms with Crippen molar-refractivity contribution in [1.82, 2.24) is 29.0 Å². The number of halogens is 6. The molecule has 4 aromatic rings. The van der Waals surface area contributed by atoms with Crippen LogP contribution in [-0.4, -0.2) is 60.6 Å². The molecule has 1 amide bonds. The average molecular weight is 482 g/mol. The van der Waals surface area contributed by atoms with Gasteiger partial charge in [0.05, 0.1) is 17.4 Å². The lowest BCUT2D eigenvalue weighted by atomic mass is 10.1. The van der Waals surface area contributed by atoms with Crippen molar-refractivity contribution in [3.63, 3.8) is 0 Å². The van der Waals surface area contributed by atoms with E-state index in [9.17, 15) is 31.1 Å². The lowest BCUT2D eigenvalue weighted by Gasteiger charge is -2.28. The van der Waals surface area contributed by atoms with Gasteiger partial charge in [-0.15, -0.1) is 0 Å². The summed E-state index contributed by atoms with van der Waals surface area (Å²) in [5.74, 6) is -2.45. The molecular weight excluding hydrogens is 466 g/mol. The Labute approximate surface area is 187 Å². The lowest BCUT2D eigenvalue weighted by Crippen LogP contribution is -2.39. The van der Waals surface area contributed by atoms with Gasteiger partial charge in [-0.1, -0.05) is 0 Å². The van der Waals surface area contributed by atoms with Crippen LogP contribution < -0.4 is 0 Å². The Kier molecular flexibility index (Phi) is 5.41. The van der Waals surface area contributed by atoms with Gasteiger partial charge < -0.3 is 4.90 Å². The van der Waals surface area contributed by atoms with Gasteiger partial charge in [-0.05, 0) is 18.9 Å². The monoisotopic (exact) mass is 482 g/mol. The number of likely N-dealkylation sites (tertiary alicyclic amines) is 1. The lowest BCUT2D eigenvalue weighted by molar-refractivity contribution is 0.00356. The molecule has 34 heavy (non-hydrogen) atoms. The standard InChI is InChI=1S/C21H16F6N6O/c22-10-1-3-31(4-2-10)21(34)14-6-15-12(7-28-14)17(30-33(15)19(27)18(25)26)16-8-29-20-13(24)5-11(23)9-32(16)20/h5-10,18-19H,1-4H2. The fraction of sp³-hybridized carbons (Fsp3) is 0.333. The normalized spacial score (nSPS) is 16.1. The van der Waals surface area contributed by atoms with E-state index in [-0.39, 0.29) is 59.6 Å². The Bertz CT molecular complexity index is 1390. The van der Waals surface area contributed by atoms with E-state index in [1.807, 2.05) is 0 Å². The maximum atomic E-state index is 14.5. The third-order valence-corrected chi connectivity index (χ3v) is 5.73. The van der Waals surface area contributed by atoms with Crippen LogP contribution in [0.3, 0.4) is 0 Å². The van der Waals surface area contributed by atoms with Gasteiger partial charge in [0.1, 0.15) is 23.4 Å². The molecular formula is C21H16F6N6O. The van der Waals surface area contributed by atoms with E-state index < -0.39 is 36.4 Å². The summed E-state index contributed by atoms with van der Waals surface area (Å²) in [6, 6.07) is 1.75. The van der Waals surface area contributed by atoms with Gasteiger partial charge in [0, 0.05) is 36.9 Å². The Morgan fingerprint density at radius 1 is 1.06 bits per heavy atom. The minimum atomic E-state index is -3.44. The summed E-state index contributed by atoms with van der Waals surface area (Å²) in [6.45, 7) is 0.317. The van der Waals surface area contributed by atoms with Crippen molar-refractivity contribution in [2.45, 2.75) is 31.7 Å². The number of hydrogen-bond donors (Lipinski definition) is 0. The molecule has 1 unspecified atom stereocenters. The summed E-state index contributed by atoms with van der Waals surface area (Å²) in [5.41, 5.74) is -0.687. The zero-order valence-electron chi connectivity index (χ0n) is 17.3. The predicted molar refractivity (Wildman–Crippen MR) is 108 cm³/mol. The van der Waals surface area contributed by atoms with Crippen LogP contribution in [0, 0.1) is 11.6 Å². The maximum absolute atomic E-state index is 14.5. The summed E-state index contributed by atoms with van der Waals surface area (Å²) in [5, 5.41) is 3.99. The van der Waals surface area contributed by atoms with E-state index in [0.29, 0.717) is 10.7 Å². The number of pyridine rings is 2. The molecule has 7 nitrogen and oxygen atoms in total. The smallest absolute Gasteiger partial charge is 0.289 e. The number of imidazole rings is 1. The van der Waals surface area contributed by atoms with E-state index in [1.165, 1.54) is 4.90 Å². The van der Waals surface area contributed by atoms with Gasteiger partial charge in [0.2, 0.25) is 0 Å². The van der Waals surface area contributed by atoms with Crippen LogP contribution in [0.2, 0.25) is 0 Å². The van der Waals surface area contributed by atoms with Gasteiger partial charge in [0.15, 0.2) is 11.5 Å². The van der Waals surface area contributed by atoms with Crippen molar-refractivity contribution in [3.05, 3.63) is 48.1 Å². The molecule has 0 aromatic carbocycles. The minimum Gasteiger partial charge on any atom is -0.337 e. The van der Waals surface area contributed by atoms with E-state index in [0.717, 1.165) is 29.1 Å². The third-order valence-electron chi connectivity index (χ3n) is 5.73. The van der Waals surface area contributed by atoms with Crippen LogP contribution in [0.25, 0.3) is 27.9 Å². The third kappa shape index (κ3) is 3.64. The highest BCUT2D eigenvalue weighted by Crippen LogP contribution is 2.33. The minimum absolute atomic E-state index is 0.00418. The molecule has 0 bridgehead atoms. The topological polar surface area (TPSA) is 68.3 Å². The summed E-state index contributed by atoms with van der Waals surface area (Å²) >= 11 is 0. The number of piperidine rings is 1. The quantitative estimate of drug-likeness (QED) is 0.406. The number of amides is 1. The number of alkyl halides is 4. The molecule has 0 N–H and O–H groups in total. The van der Waals surface area contributed by atoms with Crippen LogP contribution >= 0.6 is 0 Å². The SMILES string of the molecule is O=C(c1cc2c(cn1)c(-c1cnc3c(F)cc(F)cn13)nn2C(F)C(F)F)N1CCC(F)CC1. The first kappa shape index (κ1) is 22.2. The molecule has 1 fully saturated rings. The van der Waals surface area contributed by atoms with Crippen LogP contribution in [0.1, 0.15) is 29.6 Å². The molecule has 1 aliphatic heterocycles. The van der Waals surface area contributed by atoms with Gasteiger partial charge >= 0.3 is 0 Å². The second kappa shape index (κ2) is 8.29. The van der Waals surface area contributed by atoms with E-state index in [4.69, 9.17) is 0 Å². The highest BCUT2D eigenvalue weighted by atomic mass is 19.3. The van der Waals surface area contributed by atoms with Crippen molar-refractivity contribution < 1.29 is 31.1 Å². The van der Waals surface area contributed by atoms with Gasteiger partial charge in [0.25, 0.3) is 18.6 Å². The first-order chi connectivity index (χ1) is 16.2. The number of aromatic nitrogens is 5. The number of carbonyl (C=O) groups excluding carboxylic acids is 1. The summed E-state index contributed by atoms with van der Waals surface area (Å²) < 4.78 is 83.7. The maximum Gasteiger partial charge on any atom is 0.289 e. The molecule has 1 saturated heterocycles. The molecule has 13 heteroatoms. The van der Waals surface area contributed by atoms with Crippen LogP contribution in [0.15, 0.2) is 30.7 Å². The first-order valence-corrected chi connectivity index (χ1v) is 10.3. The highest BCUT2D eigenvalue weighted by molar-refractivity contribution is 5.99. The van der Waals surface area contributed by atoms with E-state index in [1.54, 1.807) is 0 Å². The van der Waals surface area contributed by atoms with Crippen LogP contribution in [0.5, 0.6) is 0 Å². The fourth-order valence-corrected chi connectivity index (χ4v) is 4.04.